The van der Waals surface area contributed by atoms with Crippen LogP contribution in [0.25, 0.3) is 5.69 Å². The molecule has 0 saturated carbocycles. The van der Waals surface area contributed by atoms with Gasteiger partial charge in [0.05, 0.1) is 10.6 Å². The lowest BCUT2D eigenvalue weighted by molar-refractivity contribution is -0.384. The molecular formula is C14H16N4O4. The minimum atomic E-state index is -0.596. The SMILES string of the molecule is CC(C)(C)OC(=O)Nc1ccn(-c2ccc([N+](=O)[O-])cc2)n1. The highest BCUT2D eigenvalue weighted by molar-refractivity contribution is 5.83. The van der Waals surface area contributed by atoms with E-state index in [-0.39, 0.29) is 5.69 Å². The van der Waals surface area contributed by atoms with E-state index in [1.165, 1.54) is 16.8 Å². The van der Waals surface area contributed by atoms with E-state index in [4.69, 9.17) is 4.74 Å². The zero-order chi connectivity index (χ0) is 16.3. The molecular weight excluding hydrogens is 288 g/mol. The van der Waals surface area contributed by atoms with Gasteiger partial charge in [0.2, 0.25) is 0 Å². The Balaban J connectivity index is 2.08. The number of nitro groups is 1. The molecule has 8 heteroatoms. The van der Waals surface area contributed by atoms with Gasteiger partial charge in [0.1, 0.15) is 5.60 Å². The summed E-state index contributed by atoms with van der Waals surface area (Å²) in [4.78, 5) is 21.8. The first kappa shape index (κ1) is 15.5. The number of rotatable bonds is 3. The van der Waals surface area contributed by atoms with Gasteiger partial charge in [-0.3, -0.25) is 15.4 Å². The van der Waals surface area contributed by atoms with E-state index in [0.717, 1.165) is 0 Å². The molecule has 8 nitrogen and oxygen atoms in total. The van der Waals surface area contributed by atoms with Gasteiger partial charge >= 0.3 is 6.09 Å². The van der Waals surface area contributed by atoms with Gasteiger partial charge in [-0.2, -0.15) is 0 Å². The van der Waals surface area contributed by atoms with Crippen LogP contribution in [-0.2, 0) is 4.74 Å². The summed E-state index contributed by atoms with van der Waals surface area (Å²) >= 11 is 0. The van der Waals surface area contributed by atoms with Crippen molar-refractivity contribution in [1.82, 2.24) is 9.78 Å². The van der Waals surface area contributed by atoms with Gasteiger partial charge < -0.3 is 4.74 Å². The van der Waals surface area contributed by atoms with Crippen molar-refractivity contribution in [2.24, 2.45) is 0 Å². The number of aromatic nitrogens is 2. The van der Waals surface area contributed by atoms with Gasteiger partial charge in [0, 0.05) is 24.4 Å². The number of ether oxygens (including phenoxy) is 1. The van der Waals surface area contributed by atoms with Crippen molar-refractivity contribution >= 4 is 17.6 Å². The Labute approximate surface area is 126 Å². The van der Waals surface area contributed by atoms with Crippen LogP contribution >= 0.6 is 0 Å². The second kappa shape index (κ2) is 5.84. The maximum atomic E-state index is 11.6. The van der Waals surface area contributed by atoms with E-state index in [2.05, 4.69) is 10.4 Å². The van der Waals surface area contributed by atoms with E-state index in [0.29, 0.717) is 11.5 Å². The van der Waals surface area contributed by atoms with Crippen LogP contribution < -0.4 is 5.32 Å². The Bertz CT molecular complexity index is 686. The third-order valence-corrected chi connectivity index (χ3v) is 2.54. The van der Waals surface area contributed by atoms with Crippen molar-refractivity contribution in [3.63, 3.8) is 0 Å². The van der Waals surface area contributed by atoms with Crippen LogP contribution in [0.3, 0.4) is 0 Å². The Hall–Kier alpha value is -2.90. The topological polar surface area (TPSA) is 99.3 Å². The summed E-state index contributed by atoms with van der Waals surface area (Å²) in [7, 11) is 0. The molecule has 1 aromatic carbocycles. The van der Waals surface area contributed by atoms with Crippen LogP contribution in [-0.4, -0.2) is 26.4 Å². The van der Waals surface area contributed by atoms with Crippen LogP contribution in [0.5, 0.6) is 0 Å². The van der Waals surface area contributed by atoms with Crippen molar-refractivity contribution in [3.05, 3.63) is 46.6 Å². The van der Waals surface area contributed by atoms with Crippen LogP contribution in [0.1, 0.15) is 20.8 Å². The van der Waals surface area contributed by atoms with Gasteiger partial charge in [0.25, 0.3) is 5.69 Å². The summed E-state index contributed by atoms with van der Waals surface area (Å²) in [5.41, 5.74) is 0.0521. The molecule has 1 heterocycles. The first-order valence-electron chi connectivity index (χ1n) is 6.55. The van der Waals surface area contributed by atoms with E-state index in [1.807, 2.05) is 0 Å². The molecule has 0 fully saturated rings. The maximum Gasteiger partial charge on any atom is 0.413 e. The van der Waals surface area contributed by atoms with Crippen LogP contribution in [0.2, 0.25) is 0 Å². The summed E-state index contributed by atoms with van der Waals surface area (Å²) in [6, 6.07) is 7.52. The lowest BCUT2D eigenvalue weighted by atomic mass is 10.2. The molecule has 2 aromatic rings. The minimum Gasteiger partial charge on any atom is -0.444 e. The number of nitrogens with zero attached hydrogens (tertiary/aromatic N) is 3. The highest BCUT2D eigenvalue weighted by atomic mass is 16.6. The highest BCUT2D eigenvalue weighted by Gasteiger charge is 2.17. The lowest BCUT2D eigenvalue weighted by Gasteiger charge is -2.19. The van der Waals surface area contributed by atoms with Crippen molar-refractivity contribution < 1.29 is 14.5 Å². The number of amides is 1. The second-order valence-electron chi connectivity index (χ2n) is 5.55. The molecule has 0 radical (unpaired) electrons. The van der Waals surface area contributed by atoms with Crippen LogP contribution in [0.15, 0.2) is 36.5 Å². The smallest absolute Gasteiger partial charge is 0.413 e. The van der Waals surface area contributed by atoms with E-state index >= 15 is 0 Å². The number of hydrogen-bond donors (Lipinski definition) is 1. The fraction of sp³-hybridized carbons (Fsp3) is 0.286. The highest BCUT2D eigenvalue weighted by Crippen LogP contribution is 2.16. The zero-order valence-corrected chi connectivity index (χ0v) is 12.4. The Morgan fingerprint density at radius 1 is 1.27 bits per heavy atom. The van der Waals surface area contributed by atoms with Crippen molar-refractivity contribution in [3.8, 4) is 5.69 Å². The largest absolute Gasteiger partial charge is 0.444 e. The van der Waals surface area contributed by atoms with Crippen molar-refractivity contribution in [2.45, 2.75) is 26.4 Å². The van der Waals surface area contributed by atoms with Gasteiger partial charge in [0.15, 0.2) is 5.82 Å². The van der Waals surface area contributed by atoms with E-state index < -0.39 is 16.6 Å². The zero-order valence-electron chi connectivity index (χ0n) is 12.4. The molecule has 0 saturated heterocycles. The predicted octanol–water partition coefficient (Wildman–Crippen LogP) is 3.13. The number of carbonyl (C=O) groups excluding carboxylic acids is 1. The number of carbonyl (C=O) groups is 1. The molecule has 0 aliphatic heterocycles. The predicted molar refractivity (Wildman–Crippen MR) is 80.1 cm³/mol. The Morgan fingerprint density at radius 3 is 2.45 bits per heavy atom. The summed E-state index contributed by atoms with van der Waals surface area (Å²) in [6.45, 7) is 5.30. The fourth-order valence-corrected chi connectivity index (χ4v) is 1.67. The Kier molecular flexibility index (Phi) is 4.11. The van der Waals surface area contributed by atoms with Crippen LogP contribution in [0, 0.1) is 10.1 Å². The monoisotopic (exact) mass is 304 g/mol. The van der Waals surface area contributed by atoms with Crippen molar-refractivity contribution in [2.75, 3.05) is 5.32 Å². The maximum absolute atomic E-state index is 11.6. The minimum absolute atomic E-state index is 0.00279. The molecule has 1 N–H and O–H groups in total. The lowest BCUT2D eigenvalue weighted by Crippen LogP contribution is -2.27. The van der Waals surface area contributed by atoms with Gasteiger partial charge in [-0.05, 0) is 32.9 Å². The molecule has 1 amide bonds. The number of nitro benzene ring substituents is 1. The summed E-state index contributed by atoms with van der Waals surface area (Å²) in [5, 5.41) is 17.3. The Morgan fingerprint density at radius 2 is 1.91 bits per heavy atom. The molecule has 0 aliphatic rings. The third kappa shape index (κ3) is 4.05. The number of anilines is 1. The molecule has 0 unspecified atom stereocenters. The van der Waals surface area contributed by atoms with Gasteiger partial charge in [-0.1, -0.05) is 0 Å². The molecule has 1 aromatic heterocycles. The second-order valence-corrected chi connectivity index (χ2v) is 5.55. The number of hydrogen-bond acceptors (Lipinski definition) is 5. The number of benzene rings is 1. The van der Waals surface area contributed by atoms with Crippen molar-refractivity contribution in [1.29, 1.82) is 0 Å². The first-order chi connectivity index (χ1) is 10.2. The van der Waals surface area contributed by atoms with Gasteiger partial charge in [-0.15, -0.1) is 5.10 Å². The molecule has 0 aliphatic carbocycles. The summed E-state index contributed by atoms with van der Waals surface area (Å²) < 4.78 is 6.62. The molecule has 0 spiro atoms. The number of nitrogens with one attached hydrogen (secondary N) is 1. The summed E-state index contributed by atoms with van der Waals surface area (Å²) in [6.07, 6.45) is 1.04. The third-order valence-electron chi connectivity index (χ3n) is 2.54. The number of non-ortho nitro benzene ring substituents is 1. The first-order valence-corrected chi connectivity index (χ1v) is 6.55. The van der Waals surface area contributed by atoms with Gasteiger partial charge in [-0.25, -0.2) is 9.48 Å². The summed E-state index contributed by atoms with van der Waals surface area (Å²) in [5.74, 6) is 0.326. The quantitative estimate of drug-likeness (QED) is 0.693. The molecule has 0 atom stereocenters. The molecule has 2 rings (SSSR count). The fourth-order valence-electron chi connectivity index (χ4n) is 1.67. The van der Waals surface area contributed by atoms with E-state index in [9.17, 15) is 14.9 Å². The average Bonchev–Trinajstić information content (AvgIpc) is 2.85. The molecule has 0 bridgehead atoms. The van der Waals surface area contributed by atoms with E-state index in [1.54, 1.807) is 45.2 Å². The molecule has 22 heavy (non-hydrogen) atoms. The average molecular weight is 304 g/mol. The van der Waals surface area contributed by atoms with Crippen LogP contribution in [0.4, 0.5) is 16.3 Å². The standard InChI is InChI=1S/C14H16N4O4/c1-14(2,3)22-13(19)15-12-8-9-17(16-12)10-4-6-11(7-5-10)18(20)21/h4-9H,1-3H3,(H,15,16,19). The molecule has 116 valence electrons. The normalized spacial score (nSPS) is 11.0.